The standard InChI is InChI=1S/C38H49O5PS/c1-30-31(2)38(40)36(32(3)37(30)39)28-20-9-7-5-6-8-10-21-29-44(43-45(4,41)42,33-22-14-11-15-23-33,34-24-16-12-17-25-34)35-26-18-13-19-27-35/h11-19,22-27,39-40H,5-10,20-21,28-29H2,1-4H3. The molecule has 0 aromatic heterocycles. The molecule has 0 fully saturated rings. The van der Waals surface area contributed by atoms with Gasteiger partial charge in [0, 0.05) is 0 Å². The minimum atomic E-state index is -3.90. The van der Waals surface area contributed by atoms with E-state index in [0.717, 1.165) is 96.0 Å². The molecule has 4 aromatic rings. The van der Waals surface area contributed by atoms with Crippen LogP contribution in [0.4, 0.5) is 0 Å². The molecule has 0 aliphatic carbocycles. The number of aromatic hydroxyl groups is 2. The molecule has 0 radical (unpaired) electrons. The van der Waals surface area contributed by atoms with Gasteiger partial charge in [-0.25, -0.2) is 0 Å². The third-order valence-electron chi connectivity index (χ3n) is 9.34. The van der Waals surface area contributed by atoms with E-state index in [-0.39, 0.29) is 0 Å². The van der Waals surface area contributed by atoms with E-state index >= 15 is 0 Å². The van der Waals surface area contributed by atoms with Crippen LogP contribution in [0.15, 0.2) is 91.0 Å². The van der Waals surface area contributed by atoms with Crippen molar-refractivity contribution in [1.29, 1.82) is 0 Å². The van der Waals surface area contributed by atoms with Gasteiger partial charge in [0.25, 0.3) is 0 Å². The summed E-state index contributed by atoms with van der Waals surface area (Å²) in [6, 6.07) is 29.9. The normalized spacial score (nSPS) is 12.9. The Balaban J connectivity index is 1.44. The number of phenolic OH excluding ortho intramolecular Hbond substituents is 2. The fourth-order valence-electron chi connectivity index (χ4n) is 6.79. The predicted molar refractivity (Wildman–Crippen MR) is 191 cm³/mol. The van der Waals surface area contributed by atoms with Crippen molar-refractivity contribution in [3.05, 3.63) is 113 Å². The van der Waals surface area contributed by atoms with Crippen molar-refractivity contribution in [2.24, 2.45) is 0 Å². The second-order valence-electron chi connectivity index (χ2n) is 12.4. The minimum absolute atomic E-state index is 0.294. The van der Waals surface area contributed by atoms with E-state index in [1.54, 1.807) is 0 Å². The number of hydrogen-bond acceptors (Lipinski definition) is 5. The first kappa shape index (κ1) is 34.7. The first-order valence-electron chi connectivity index (χ1n) is 16.1. The van der Waals surface area contributed by atoms with E-state index in [1.807, 2.05) is 112 Å². The molecule has 5 nitrogen and oxygen atoms in total. The quantitative estimate of drug-likeness (QED) is 0.0729. The molecule has 4 rings (SSSR count). The molecule has 2 N–H and O–H groups in total. The van der Waals surface area contributed by atoms with Gasteiger partial charge in [0.15, 0.2) is 0 Å². The van der Waals surface area contributed by atoms with E-state index in [1.165, 1.54) is 6.26 Å². The van der Waals surface area contributed by atoms with Crippen LogP contribution < -0.4 is 15.9 Å². The smallest absolute Gasteiger partial charge is 0.507 e. The fourth-order valence-corrected chi connectivity index (χ4v) is 15.4. The summed E-state index contributed by atoms with van der Waals surface area (Å²) in [4.78, 5) is 0. The summed E-state index contributed by atoms with van der Waals surface area (Å²) in [7, 11) is -3.85. The molecule has 0 heterocycles. The van der Waals surface area contributed by atoms with Crippen LogP contribution in [0.5, 0.6) is 11.5 Å². The Morgan fingerprint density at radius 1 is 0.556 bits per heavy atom. The molecule has 45 heavy (non-hydrogen) atoms. The Hall–Kier alpha value is -3.18. The molecule has 4 aromatic carbocycles. The van der Waals surface area contributed by atoms with Crippen LogP contribution in [0.1, 0.15) is 73.6 Å². The summed E-state index contributed by atoms with van der Waals surface area (Å²) in [5.74, 6) is 0.615. The number of hydrogen-bond donors (Lipinski definition) is 2. The van der Waals surface area contributed by atoms with Crippen molar-refractivity contribution in [1.82, 2.24) is 0 Å². The van der Waals surface area contributed by atoms with E-state index in [2.05, 4.69) is 0 Å². The molecule has 0 bridgehead atoms. The second kappa shape index (κ2) is 14.9. The van der Waals surface area contributed by atoms with E-state index in [0.29, 0.717) is 17.7 Å². The molecule has 0 aliphatic heterocycles. The van der Waals surface area contributed by atoms with Crippen LogP contribution in [0.3, 0.4) is 0 Å². The van der Waals surface area contributed by atoms with Gasteiger partial charge in [-0.3, -0.25) is 0 Å². The summed E-state index contributed by atoms with van der Waals surface area (Å²) < 4.78 is 33.0. The van der Waals surface area contributed by atoms with Gasteiger partial charge in [0.1, 0.15) is 5.75 Å². The van der Waals surface area contributed by atoms with Crippen LogP contribution in [0.25, 0.3) is 0 Å². The second-order valence-corrected chi connectivity index (χ2v) is 18.8. The molecule has 7 heteroatoms. The van der Waals surface area contributed by atoms with Crippen molar-refractivity contribution in [3.63, 3.8) is 0 Å². The molecule has 0 saturated heterocycles. The third-order valence-corrected chi connectivity index (χ3v) is 17.1. The van der Waals surface area contributed by atoms with Gasteiger partial charge >= 0.3 is 223 Å². The molecule has 0 aliphatic rings. The Morgan fingerprint density at radius 3 is 1.36 bits per heavy atom. The van der Waals surface area contributed by atoms with E-state index in [9.17, 15) is 18.6 Å². The summed E-state index contributed by atoms with van der Waals surface area (Å²) in [5, 5.41) is 23.8. The fraction of sp³-hybridized carbons (Fsp3) is 0.368. The van der Waals surface area contributed by atoms with Crippen molar-refractivity contribution >= 4 is 32.9 Å². The average molecular weight is 649 g/mol. The van der Waals surface area contributed by atoms with Crippen molar-refractivity contribution in [2.75, 3.05) is 12.4 Å². The van der Waals surface area contributed by atoms with Crippen molar-refractivity contribution in [3.8, 4) is 11.5 Å². The van der Waals surface area contributed by atoms with Crippen LogP contribution in [0, 0.1) is 20.8 Å². The van der Waals surface area contributed by atoms with Gasteiger partial charge in [-0.2, -0.15) is 0 Å². The summed E-state index contributed by atoms with van der Waals surface area (Å²) in [6.07, 6.45) is 10.8. The number of benzene rings is 4. The zero-order valence-electron chi connectivity index (χ0n) is 27.2. The van der Waals surface area contributed by atoms with Crippen LogP contribution in [-0.4, -0.2) is 31.0 Å². The van der Waals surface area contributed by atoms with Crippen LogP contribution in [0.2, 0.25) is 0 Å². The van der Waals surface area contributed by atoms with E-state index in [4.69, 9.17) is 3.97 Å². The molecule has 0 saturated carbocycles. The zero-order chi connectivity index (χ0) is 32.5. The van der Waals surface area contributed by atoms with Gasteiger partial charge in [-0.1, -0.05) is 0 Å². The van der Waals surface area contributed by atoms with E-state index < -0.39 is 16.9 Å². The zero-order valence-corrected chi connectivity index (χ0v) is 28.9. The first-order valence-corrected chi connectivity index (χ1v) is 20.3. The number of phenols is 2. The Labute approximate surface area is 270 Å². The maximum atomic E-state index is 13.2. The molecule has 0 amide bonds. The molecule has 0 spiro atoms. The minimum Gasteiger partial charge on any atom is -0.507 e. The van der Waals surface area contributed by atoms with Gasteiger partial charge < -0.3 is 10.2 Å². The Kier molecular flexibility index (Phi) is 11.5. The molecular formula is C38H49O5PS. The van der Waals surface area contributed by atoms with Gasteiger partial charge in [-0.15, -0.1) is 0 Å². The molecule has 0 unspecified atom stereocenters. The topological polar surface area (TPSA) is 83.8 Å². The molecule has 0 atom stereocenters. The van der Waals surface area contributed by atoms with Crippen LogP contribution >= 0.6 is 6.83 Å². The molecular weight excluding hydrogens is 599 g/mol. The number of rotatable bonds is 16. The summed E-state index contributed by atoms with van der Waals surface area (Å²) in [6.45, 7) is 1.68. The predicted octanol–water partition coefficient (Wildman–Crippen LogP) is 8.11. The number of unbranched alkanes of at least 4 members (excludes halogenated alkanes) is 7. The summed E-state index contributed by atoms with van der Waals surface area (Å²) >= 11 is 0. The van der Waals surface area contributed by atoms with Gasteiger partial charge in [-0.05, 0) is 31.9 Å². The van der Waals surface area contributed by atoms with Crippen molar-refractivity contribution < 1.29 is 22.6 Å². The van der Waals surface area contributed by atoms with Crippen LogP contribution in [-0.2, 0) is 20.5 Å². The first-order chi connectivity index (χ1) is 21.5. The Bertz CT molecular complexity index is 1530. The maximum absolute atomic E-state index is 13.2. The monoisotopic (exact) mass is 648 g/mol. The third kappa shape index (κ3) is 7.46. The van der Waals surface area contributed by atoms with Crippen molar-refractivity contribution in [2.45, 2.75) is 78.6 Å². The van der Waals surface area contributed by atoms with Gasteiger partial charge in [0.2, 0.25) is 0 Å². The Morgan fingerprint density at radius 2 is 0.933 bits per heavy atom. The molecule has 242 valence electrons. The SMILES string of the molecule is Cc1c(C)c(O)c(CCCCCCCCCCP(OS(C)(=O)=O)(c2ccccc2)(c2ccccc2)c2ccccc2)c(C)c1O. The van der Waals surface area contributed by atoms with Gasteiger partial charge in [0.05, 0.1) is 0 Å². The summed E-state index contributed by atoms with van der Waals surface area (Å²) in [5.41, 5.74) is 3.16. The average Bonchev–Trinajstić information content (AvgIpc) is 3.05.